The molecule has 2 unspecified atom stereocenters. The Morgan fingerprint density at radius 3 is 2.40 bits per heavy atom. The first kappa shape index (κ1) is 15.7. The summed E-state index contributed by atoms with van der Waals surface area (Å²) in [6.45, 7) is 2.27. The van der Waals surface area contributed by atoms with Gasteiger partial charge in [0.05, 0.1) is 6.10 Å². The summed E-state index contributed by atoms with van der Waals surface area (Å²) in [5, 5.41) is 13.4. The Hall–Kier alpha value is -2.82. The Morgan fingerprint density at radius 2 is 1.72 bits per heavy atom. The Labute approximate surface area is 146 Å². The molecular weight excluding hydrogens is 316 g/mol. The van der Waals surface area contributed by atoms with Gasteiger partial charge in [-0.15, -0.1) is 0 Å². The fourth-order valence-corrected chi connectivity index (χ4v) is 3.20. The molecule has 2 atom stereocenters. The van der Waals surface area contributed by atoms with Crippen molar-refractivity contribution in [2.75, 3.05) is 0 Å². The summed E-state index contributed by atoms with van der Waals surface area (Å²) in [4.78, 5) is 4.42. The van der Waals surface area contributed by atoms with Gasteiger partial charge in [0.1, 0.15) is 11.5 Å². The van der Waals surface area contributed by atoms with Crippen LogP contribution in [-0.2, 0) is 0 Å². The van der Waals surface area contributed by atoms with Gasteiger partial charge in [-0.1, -0.05) is 12.1 Å². The van der Waals surface area contributed by atoms with Gasteiger partial charge >= 0.3 is 0 Å². The second-order valence-corrected chi connectivity index (χ2v) is 6.65. The van der Waals surface area contributed by atoms with E-state index in [0.29, 0.717) is 17.8 Å². The van der Waals surface area contributed by atoms with Gasteiger partial charge in [0, 0.05) is 11.1 Å². The van der Waals surface area contributed by atoms with Crippen LogP contribution in [0.4, 0.5) is 0 Å². The molecule has 128 valence electrons. The van der Waals surface area contributed by atoms with Gasteiger partial charge in [-0.25, -0.2) is 0 Å². The van der Waals surface area contributed by atoms with E-state index in [1.165, 1.54) is 6.42 Å². The van der Waals surface area contributed by atoms with Gasteiger partial charge in [-0.3, -0.25) is 0 Å². The lowest BCUT2D eigenvalue weighted by Gasteiger charge is -2.13. The van der Waals surface area contributed by atoms with E-state index in [9.17, 15) is 5.11 Å². The number of rotatable bonds is 4. The third-order valence-electron chi connectivity index (χ3n) is 4.60. The first-order valence-electron chi connectivity index (χ1n) is 8.57. The highest BCUT2D eigenvalue weighted by molar-refractivity contribution is 5.60. The molecule has 5 nitrogen and oxygen atoms in total. The smallest absolute Gasteiger partial charge is 0.258 e. The summed E-state index contributed by atoms with van der Waals surface area (Å²) in [7, 11) is 0. The van der Waals surface area contributed by atoms with Crippen LogP contribution in [0.1, 0.15) is 26.2 Å². The molecule has 1 saturated carbocycles. The van der Waals surface area contributed by atoms with Crippen LogP contribution in [0.15, 0.2) is 53.1 Å². The molecule has 0 spiro atoms. The van der Waals surface area contributed by atoms with Crippen molar-refractivity contribution < 1.29 is 14.4 Å². The highest BCUT2D eigenvalue weighted by Crippen LogP contribution is 2.30. The summed E-state index contributed by atoms with van der Waals surface area (Å²) in [6, 6.07) is 14.5. The second-order valence-electron chi connectivity index (χ2n) is 6.65. The fourth-order valence-electron chi connectivity index (χ4n) is 3.20. The van der Waals surface area contributed by atoms with E-state index in [4.69, 9.17) is 9.26 Å². The van der Waals surface area contributed by atoms with Crippen molar-refractivity contribution in [3.8, 4) is 34.3 Å². The van der Waals surface area contributed by atoms with Crippen molar-refractivity contribution in [3.63, 3.8) is 0 Å². The quantitative estimate of drug-likeness (QED) is 0.749. The van der Waals surface area contributed by atoms with Gasteiger partial charge < -0.3 is 14.4 Å². The van der Waals surface area contributed by atoms with Crippen molar-refractivity contribution in [2.45, 2.75) is 32.3 Å². The van der Waals surface area contributed by atoms with Gasteiger partial charge in [0.15, 0.2) is 0 Å². The van der Waals surface area contributed by atoms with E-state index in [1.54, 1.807) is 24.3 Å². The zero-order valence-electron chi connectivity index (χ0n) is 14.1. The first-order valence-corrected chi connectivity index (χ1v) is 8.57. The zero-order valence-corrected chi connectivity index (χ0v) is 14.1. The average Bonchev–Trinajstić information content (AvgIpc) is 3.26. The number of aromatic nitrogens is 2. The average molecular weight is 336 g/mol. The summed E-state index contributed by atoms with van der Waals surface area (Å²) in [5.74, 6) is 2.79. The molecule has 5 heteroatoms. The Kier molecular flexibility index (Phi) is 4.14. The highest BCUT2D eigenvalue weighted by atomic mass is 16.5. The molecule has 0 radical (unpaired) electrons. The van der Waals surface area contributed by atoms with E-state index in [2.05, 4.69) is 17.1 Å². The van der Waals surface area contributed by atoms with E-state index in [-0.39, 0.29) is 5.75 Å². The van der Waals surface area contributed by atoms with Crippen molar-refractivity contribution in [1.29, 1.82) is 0 Å². The van der Waals surface area contributed by atoms with Crippen LogP contribution in [0.25, 0.3) is 22.8 Å². The number of aromatic hydroxyl groups is 1. The van der Waals surface area contributed by atoms with Crippen LogP contribution in [0.2, 0.25) is 0 Å². The van der Waals surface area contributed by atoms with Crippen LogP contribution < -0.4 is 4.74 Å². The van der Waals surface area contributed by atoms with Crippen LogP contribution in [0.3, 0.4) is 0 Å². The van der Waals surface area contributed by atoms with Gasteiger partial charge in [-0.2, -0.15) is 4.98 Å². The lowest BCUT2D eigenvalue weighted by atomic mass is 10.1. The minimum Gasteiger partial charge on any atom is -0.508 e. The van der Waals surface area contributed by atoms with E-state index >= 15 is 0 Å². The second kappa shape index (κ2) is 6.59. The maximum absolute atomic E-state index is 9.35. The normalized spacial score (nSPS) is 19.9. The van der Waals surface area contributed by atoms with Crippen LogP contribution in [0.5, 0.6) is 11.5 Å². The lowest BCUT2D eigenvalue weighted by molar-refractivity contribution is 0.205. The molecule has 2 aromatic carbocycles. The van der Waals surface area contributed by atoms with Gasteiger partial charge in [0.25, 0.3) is 5.89 Å². The van der Waals surface area contributed by atoms with Crippen molar-refractivity contribution in [1.82, 2.24) is 10.1 Å². The standard InChI is InChI=1S/C20H20N2O3/c1-13-2-9-18(12-13)24-17-10-5-14(6-11-17)19-21-20(25-22-19)15-3-7-16(23)8-4-15/h3-8,10-11,13,18,23H,2,9,12H2,1H3. The fraction of sp³-hybridized carbons (Fsp3) is 0.300. The molecule has 1 N–H and O–H groups in total. The lowest BCUT2D eigenvalue weighted by Crippen LogP contribution is -2.11. The largest absolute Gasteiger partial charge is 0.508 e. The van der Waals surface area contributed by atoms with Crippen molar-refractivity contribution in [3.05, 3.63) is 48.5 Å². The molecule has 1 aromatic heterocycles. The Morgan fingerprint density at radius 1 is 1.00 bits per heavy atom. The number of hydrogen-bond acceptors (Lipinski definition) is 5. The summed E-state index contributed by atoms with van der Waals surface area (Å²) < 4.78 is 11.4. The summed E-state index contributed by atoms with van der Waals surface area (Å²) >= 11 is 0. The molecule has 1 fully saturated rings. The molecule has 3 aromatic rings. The minimum absolute atomic E-state index is 0.204. The van der Waals surface area contributed by atoms with Crippen molar-refractivity contribution in [2.24, 2.45) is 5.92 Å². The van der Waals surface area contributed by atoms with Crippen LogP contribution in [-0.4, -0.2) is 21.4 Å². The molecule has 0 bridgehead atoms. The van der Waals surface area contributed by atoms with Crippen LogP contribution >= 0.6 is 0 Å². The molecule has 0 saturated heterocycles. The zero-order chi connectivity index (χ0) is 17.2. The molecule has 0 amide bonds. The molecule has 1 heterocycles. The van der Waals surface area contributed by atoms with E-state index in [1.807, 2.05) is 24.3 Å². The molecular formula is C20H20N2O3. The number of benzene rings is 2. The molecule has 4 rings (SSSR count). The molecule has 1 aliphatic carbocycles. The summed E-state index contributed by atoms with van der Waals surface area (Å²) in [6.07, 6.45) is 3.82. The first-order chi connectivity index (χ1) is 12.2. The minimum atomic E-state index is 0.204. The summed E-state index contributed by atoms with van der Waals surface area (Å²) in [5.41, 5.74) is 1.65. The van der Waals surface area contributed by atoms with Gasteiger partial charge in [0.2, 0.25) is 5.82 Å². The third kappa shape index (κ3) is 3.50. The Balaban J connectivity index is 1.48. The number of nitrogens with zero attached hydrogens (tertiary/aromatic N) is 2. The van der Waals surface area contributed by atoms with Crippen molar-refractivity contribution >= 4 is 0 Å². The van der Waals surface area contributed by atoms with Gasteiger partial charge in [-0.05, 0) is 73.7 Å². The molecule has 0 aliphatic heterocycles. The topological polar surface area (TPSA) is 68.4 Å². The monoisotopic (exact) mass is 336 g/mol. The number of ether oxygens (including phenoxy) is 1. The number of hydrogen-bond donors (Lipinski definition) is 1. The number of phenolic OH excluding ortho intramolecular Hbond substituents is 1. The molecule has 1 aliphatic rings. The predicted octanol–water partition coefficient (Wildman–Crippen LogP) is 4.68. The number of phenols is 1. The maximum Gasteiger partial charge on any atom is 0.258 e. The van der Waals surface area contributed by atoms with E-state index < -0.39 is 0 Å². The Bertz CT molecular complexity index is 840. The SMILES string of the molecule is CC1CCC(Oc2ccc(-c3noc(-c4ccc(O)cc4)n3)cc2)C1. The van der Waals surface area contributed by atoms with Crippen LogP contribution in [0, 0.1) is 5.92 Å². The maximum atomic E-state index is 9.35. The highest BCUT2D eigenvalue weighted by Gasteiger charge is 2.22. The predicted molar refractivity (Wildman–Crippen MR) is 94.3 cm³/mol. The van der Waals surface area contributed by atoms with E-state index in [0.717, 1.165) is 35.6 Å². The molecule has 25 heavy (non-hydrogen) atoms. The third-order valence-corrected chi connectivity index (χ3v) is 4.60.